The average molecular weight is 292 g/mol. The number of alkyl halides is 3. The van der Waals surface area contributed by atoms with Gasteiger partial charge in [-0.1, -0.05) is 6.92 Å². The molecule has 1 rings (SSSR count). The van der Waals surface area contributed by atoms with Crippen molar-refractivity contribution in [3.63, 3.8) is 0 Å². The summed E-state index contributed by atoms with van der Waals surface area (Å²) in [7, 11) is 1.28. The number of pyridine rings is 1. The minimum atomic E-state index is -4.41. The van der Waals surface area contributed by atoms with Crippen LogP contribution in [0.15, 0.2) is 18.3 Å². The zero-order valence-electron chi connectivity index (χ0n) is 11.0. The number of carbonyl (C=O) groups excluding carboxylic acids is 1. The molecule has 1 heterocycles. The van der Waals surface area contributed by atoms with E-state index in [-0.39, 0.29) is 5.88 Å². The van der Waals surface area contributed by atoms with Crippen molar-refractivity contribution in [1.82, 2.24) is 4.98 Å². The molecule has 0 aliphatic rings. The van der Waals surface area contributed by atoms with Gasteiger partial charge in [0.15, 0.2) is 6.61 Å². The normalized spacial score (nSPS) is 12.7. The van der Waals surface area contributed by atoms with Gasteiger partial charge in [0.1, 0.15) is 6.04 Å². The van der Waals surface area contributed by atoms with Gasteiger partial charge in [0.05, 0.1) is 19.0 Å². The highest BCUT2D eigenvalue weighted by Crippen LogP contribution is 2.18. The molecule has 0 spiro atoms. The molecule has 112 valence electrons. The minimum absolute atomic E-state index is 0.140. The van der Waals surface area contributed by atoms with Gasteiger partial charge in [0, 0.05) is 6.07 Å². The Morgan fingerprint density at radius 1 is 1.45 bits per heavy atom. The Morgan fingerprint density at radius 3 is 2.60 bits per heavy atom. The SMILES string of the molecule is CCC(Nc1ccc(OCC(F)(F)F)nc1)C(=O)OC. The monoisotopic (exact) mass is 292 g/mol. The van der Waals surface area contributed by atoms with E-state index >= 15 is 0 Å². The number of hydrogen-bond acceptors (Lipinski definition) is 5. The van der Waals surface area contributed by atoms with E-state index in [9.17, 15) is 18.0 Å². The van der Waals surface area contributed by atoms with Crippen LogP contribution in [0.25, 0.3) is 0 Å². The largest absolute Gasteiger partial charge is 0.468 e. The van der Waals surface area contributed by atoms with Crippen LogP contribution in [-0.2, 0) is 9.53 Å². The van der Waals surface area contributed by atoms with E-state index < -0.39 is 24.8 Å². The van der Waals surface area contributed by atoms with E-state index in [1.54, 1.807) is 6.92 Å². The lowest BCUT2D eigenvalue weighted by Crippen LogP contribution is -2.29. The van der Waals surface area contributed by atoms with Crippen LogP contribution in [0.4, 0.5) is 18.9 Å². The van der Waals surface area contributed by atoms with Gasteiger partial charge < -0.3 is 14.8 Å². The molecule has 20 heavy (non-hydrogen) atoms. The highest BCUT2D eigenvalue weighted by atomic mass is 19.4. The molecule has 1 N–H and O–H groups in total. The second kappa shape index (κ2) is 6.97. The Kier molecular flexibility index (Phi) is 5.60. The summed E-state index contributed by atoms with van der Waals surface area (Å²) < 4.78 is 44.9. The summed E-state index contributed by atoms with van der Waals surface area (Å²) in [5.41, 5.74) is 0.488. The summed E-state index contributed by atoms with van der Waals surface area (Å²) in [6.45, 7) is 0.398. The Bertz CT molecular complexity index is 435. The number of hydrogen-bond donors (Lipinski definition) is 1. The van der Waals surface area contributed by atoms with Gasteiger partial charge in [-0.3, -0.25) is 0 Å². The highest BCUT2D eigenvalue weighted by molar-refractivity contribution is 5.79. The molecule has 0 aliphatic heterocycles. The number of esters is 1. The van der Waals surface area contributed by atoms with Crippen LogP contribution in [0.2, 0.25) is 0 Å². The molecule has 0 bridgehead atoms. The molecule has 0 aliphatic carbocycles. The lowest BCUT2D eigenvalue weighted by Gasteiger charge is -2.15. The second-order valence-electron chi connectivity index (χ2n) is 3.92. The second-order valence-corrected chi connectivity index (χ2v) is 3.92. The fourth-order valence-electron chi connectivity index (χ4n) is 1.38. The summed E-state index contributed by atoms with van der Waals surface area (Å²) in [6, 6.07) is 2.23. The Morgan fingerprint density at radius 2 is 2.15 bits per heavy atom. The third-order valence-corrected chi connectivity index (χ3v) is 2.35. The maximum absolute atomic E-state index is 11.9. The number of methoxy groups -OCH3 is 1. The number of anilines is 1. The van der Waals surface area contributed by atoms with E-state index in [1.807, 2.05) is 0 Å². The van der Waals surface area contributed by atoms with Gasteiger partial charge in [0.25, 0.3) is 0 Å². The summed E-state index contributed by atoms with van der Waals surface area (Å²) in [5.74, 6) is -0.566. The molecule has 0 amide bonds. The summed E-state index contributed by atoms with van der Waals surface area (Å²) in [5, 5.41) is 2.86. The van der Waals surface area contributed by atoms with Crippen molar-refractivity contribution in [2.24, 2.45) is 0 Å². The molecule has 8 heteroatoms. The Balaban J connectivity index is 2.60. The van der Waals surface area contributed by atoms with Gasteiger partial charge in [-0.2, -0.15) is 13.2 Å². The number of nitrogens with zero attached hydrogens (tertiary/aromatic N) is 1. The van der Waals surface area contributed by atoms with E-state index in [1.165, 1.54) is 25.4 Å². The third kappa shape index (κ3) is 5.33. The molecule has 5 nitrogen and oxygen atoms in total. The van der Waals surface area contributed by atoms with E-state index in [0.29, 0.717) is 12.1 Å². The topological polar surface area (TPSA) is 60.5 Å². The first-order valence-electron chi connectivity index (χ1n) is 5.85. The van der Waals surface area contributed by atoms with Crippen molar-refractivity contribution < 1.29 is 27.4 Å². The van der Waals surface area contributed by atoms with Gasteiger partial charge in [-0.15, -0.1) is 0 Å². The van der Waals surface area contributed by atoms with Crippen LogP contribution in [0.1, 0.15) is 13.3 Å². The van der Waals surface area contributed by atoms with E-state index in [4.69, 9.17) is 0 Å². The van der Waals surface area contributed by atoms with Crippen LogP contribution >= 0.6 is 0 Å². The van der Waals surface area contributed by atoms with Crippen LogP contribution in [0.5, 0.6) is 5.88 Å². The Hall–Kier alpha value is -1.99. The predicted molar refractivity (Wildman–Crippen MR) is 65.5 cm³/mol. The zero-order valence-corrected chi connectivity index (χ0v) is 11.0. The molecule has 1 unspecified atom stereocenters. The first kappa shape index (κ1) is 16.1. The number of ether oxygens (including phenoxy) is 2. The average Bonchev–Trinajstić information content (AvgIpc) is 2.42. The molecule has 0 fully saturated rings. The smallest absolute Gasteiger partial charge is 0.422 e. The number of rotatable bonds is 6. The van der Waals surface area contributed by atoms with Crippen molar-refractivity contribution >= 4 is 11.7 Å². The molecule has 1 aromatic heterocycles. The van der Waals surface area contributed by atoms with Crippen LogP contribution in [0.3, 0.4) is 0 Å². The predicted octanol–water partition coefficient (Wildman–Crippen LogP) is 2.39. The molecule has 0 aromatic carbocycles. The first-order chi connectivity index (χ1) is 9.35. The summed E-state index contributed by atoms with van der Waals surface area (Å²) in [6.07, 6.45) is -2.62. The molecule has 0 saturated carbocycles. The quantitative estimate of drug-likeness (QED) is 0.816. The summed E-state index contributed by atoms with van der Waals surface area (Å²) in [4.78, 5) is 15.1. The highest BCUT2D eigenvalue weighted by Gasteiger charge is 2.28. The first-order valence-corrected chi connectivity index (χ1v) is 5.85. The van der Waals surface area contributed by atoms with E-state index in [0.717, 1.165) is 0 Å². The molecular weight excluding hydrogens is 277 g/mol. The van der Waals surface area contributed by atoms with Gasteiger partial charge in [-0.05, 0) is 12.5 Å². The van der Waals surface area contributed by atoms with Crippen molar-refractivity contribution in [3.05, 3.63) is 18.3 Å². The van der Waals surface area contributed by atoms with Crippen molar-refractivity contribution in [2.45, 2.75) is 25.6 Å². The third-order valence-electron chi connectivity index (χ3n) is 2.35. The van der Waals surface area contributed by atoms with Crippen molar-refractivity contribution in [2.75, 3.05) is 19.0 Å². The number of aromatic nitrogens is 1. The molecule has 1 atom stereocenters. The van der Waals surface area contributed by atoms with Crippen molar-refractivity contribution in [3.8, 4) is 5.88 Å². The molecular formula is C12H15F3N2O3. The zero-order chi connectivity index (χ0) is 15.2. The lowest BCUT2D eigenvalue weighted by atomic mass is 10.2. The minimum Gasteiger partial charge on any atom is -0.468 e. The van der Waals surface area contributed by atoms with Crippen LogP contribution in [0, 0.1) is 0 Å². The molecule has 1 aromatic rings. The summed E-state index contributed by atoms with van der Waals surface area (Å²) >= 11 is 0. The Labute approximate surface area is 114 Å². The van der Waals surface area contributed by atoms with Gasteiger partial charge in [-0.25, -0.2) is 9.78 Å². The van der Waals surface area contributed by atoms with Gasteiger partial charge >= 0.3 is 12.1 Å². The molecule has 0 radical (unpaired) electrons. The lowest BCUT2D eigenvalue weighted by molar-refractivity contribution is -0.154. The standard InChI is InChI=1S/C12H15F3N2O3/c1-3-9(11(18)19-2)17-8-4-5-10(16-6-8)20-7-12(13,14)15/h4-6,9,17H,3,7H2,1-2H3. The number of nitrogens with one attached hydrogen (secondary N) is 1. The number of halogens is 3. The van der Waals surface area contributed by atoms with Crippen LogP contribution in [-0.4, -0.2) is 36.9 Å². The maximum Gasteiger partial charge on any atom is 0.422 e. The number of carbonyl (C=O) groups is 1. The van der Waals surface area contributed by atoms with Crippen LogP contribution < -0.4 is 10.1 Å². The fraction of sp³-hybridized carbons (Fsp3) is 0.500. The van der Waals surface area contributed by atoms with Crippen molar-refractivity contribution in [1.29, 1.82) is 0 Å². The van der Waals surface area contributed by atoms with Gasteiger partial charge in [0.2, 0.25) is 5.88 Å². The maximum atomic E-state index is 11.9. The fourth-order valence-corrected chi connectivity index (χ4v) is 1.38. The van der Waals surface area contributed by atoms with E-state index in [2.05, 4.69) is 19.8 Å². The molecule has 0 saturated heterocycles.